The second-order valence-corrected chi connectivity index (χ2v) is 6.91. The molecule has 1 N–H and O–H groups in total. The molecule has 0 saturated carbocycles. The van der Waals surface area contributed by atoms with E-state index in [0.717, 1.165) is 37.4 Å². The average Bonchev–Trinajstić information content (AvgIpc) is 2.77. The summed E-state index contributed by atoms with van der Waals surface area (Å²) in [6.45, 7) is 6.62. The first kappa shape index (κ1) is 15.2. The smallest absolute Gasteiger partial charge is 0.123 e. The predicted molar refractivity (Wildman–Crippen MR) is 85.3 cm³/mol. The summed E-state index contributed by atoms with van der Waals surface area (Å²) >= 11 is 0. The molecule has 0 saturated heterocycles. The Kier molecular flexibility index (Phi) is 5.31. The lowest BCUT2D eigenvalue weighted by molar-refractivity contribution is 0.592. The zero-order valence-corrected chi connectivity index (χ0v) is 13.2. The van der Waals surface area contributed by atoms with E-state index in [-0.39, 0.29) is 5.25 Å². The van der Waals surface area contributed by atoms with Crippen molar-refractivity contribution >= 4 is 21.8 Å². The quantitative estimate of drug-likeness (QED) is 0.852. The fourth-order valence-electron chi connectivity index (χ4n) is 2.24. The van der Waals surface area contributed by atoms with Gasteiger partial charge < -0.3 is 9.88 Å². The third kappa shape index (κ3) is 3.46. The lowest BCUT2D eigenvalue weighted by Crippen LogP contribution is -2.28. The molecule has 0 aliphatic carbocycles. The van der Waals surface area contributed by atoms with Crippen LogP contribution in [0.2, 0.25) is 0 Å². The molecule has 2 unspecified atom stereocenters. The number of nitrogens with zero attached hydrogens (tertiary/aromatic N) is 2. The summed E-state index contributed by atoms with van der Waals surface area (Å²) in [6, 6.07) is 8.24. The van der Waals surface area contributed by atoms with Crippen molar-refractivity contribution in [1.29, 1.82) is 0 Å². The standard InChI is InChI=1S/C15H23N3OS/c1-4-9-18-14-8-6-5-7-13(14)17-15(18)11-16-10-12(2)20(3)19/h5-8,12,16H,4,9-11H2,1-3H3. The van der Waals surface area contributed by atoms with E-state index in [1.54, 1.807) is 6.26 Å². The Morgan fingerprint density at radius 3 is 2.85 bits per heavy atom. The Bertz CT molecular complexity index is 594. The van der Waals surface area contributed by atoms with Crippen LogP contribution in [0.15, 0.2) is 24.3 Å². The van der Waals surface area contributed by atoms with Gasteiger partial charge in [-0.2, -0.15) is 0 Å². The van der Waals surface area contributed by atoms with Crippen molar-refractivity contribution in [2.45, 2.75) is 38.6 Å². The molecule has 0 fully saturated rings. The molecule has 0 amide bonds. The molecule has 2 aromatic rings. The van der Waals surface area contributed by atoms with Crippen LogP contribution in [0, 0.1) is 0 Å². The number of hydrogen-bond donors (Lipinski definition) is 1. The van der Waals surface area contributed by atoms with Crippen molar-refractivity contribution in [2.75, 3.05) is 12.8 Å². The molecular weight excluding hydrogens is 270 g/mol. The summed E-state index contributed by atoms with van der Waals surface area (Å²) in [6.07, 6.45) is 2.83. The van der Waals surface area contributed by atoms with E-state index < -0.39 is 10.8 Å². The number of rotatable bonds is 7. The van der Waals surface area contributed by atoms with Crippen LogP contribution in [0.4, 0.5) is 0 Å². The Morgan fingerprint density at radius 1 is 1.40 bits per heavy atom. The summed E-state index contributed by atoms with van der Waals surface area (Å²) in [4.78, 5) is 4.70. The first-order valence-electron chi connectivity index (χ1n) is 7.10. The maximum absolute atomic E-state index is 11.3. The van der Waals surface area contributed by atoms with Gasteiger partial charge in [0.25, 0.3) is 0 Å². The van der Waals surface area contributed by atoms with Gasteiger partial charge in [0.15, 0.2) is 0 Å². The van der Waals surface area contributed by atoms with Crippen LogP contribution in [-0.4, -0.2) is 31.8 Å². The van der Waals surface area contributed by atoms with Gasteiger partial charge in [0.1, 0.15) is 5.82 Å². The molecule has 110 valence electrons. The topological polar surface area (TPSA) is 46.9 Å². The molecule has 4 nitrogen and oxygen atoms in total. The van der Waals surface area contributed by atoms with Crippen molar-refractivity contribution in [3.05, 3.63) is 30.1 Å². The van der Waals surface area contributed by atoms with Gasteiger partial charge >= 0.3 is 0 Å². The lowest BCUT2D eigenvalue weighted by atomic mass is 10.3. The SMILES string of the molecule is CCCn1c(CNCC(C)S(C)=O)nc2ccccc21. The third-order valence-corrected chi connectivity index (χ3v) is 4.76. The Labute approximate surface area is 123 Å². The maximum atomic E-state index is 11.3. The summed E-state index contributed by atoms with van der Waals surface area (Å²) in [5.74, 6) is 1.06. The first-order chi connectivity index (χ1) is 9.63. The van der Waals surface area contributed by atoms with Gasteiger partial charge in [-0.05, 0) is 25.5 Å². The molecule has 0 spiro atoms. The molecule has 2 rings (SSSR count). The molecule has 0 aliphatic heterocycles. The van der Waals surface area contributed by atoms with Gasteiger partial charge in [-0.25, -0.2) is 4.98 Å². The van der Waals surface area contributed by atoms with E-state index in [1.807, 2.05) is 13.0 Å². The molecule has 20 heavy (non-hydrogen) atoms. The van der Waals surface area contributed by atoms with Crippen molar-refractivity contribution in [1.82, 2.24) is 14.9 Å². The molecule has 0 bridgehead atoms. The van der Waals surface area contributed by atoms with Crippen LogP contribution in [0.5, 0.6) is 0 Å². The minimum Gasteiger partial charge on any atom is -0.327 e. The van der Waals surface area contributed by atoms with Gasteiger partial charge in [-0.3, -0.25) is 4.21 Å². The predicted octanol–water partition coefficient (Wildman–Crippen LogP) is 2.30. The summed E-state index contributed by atoms with van der Waals surface area (Å²) in [5, 5.41) is 3.53. The molecule has 1 heterocycles. The van der Waals surface area contributed by atoms with E-state index in [1.165, 1.54) is 5.52 Å². The van der Waals surface area contributed by atoms with E-state index >= 15 is 0 Å². The third-order valence-electron chi connectivity index (χ3n) is 3.46. The fraction of sp³-hybridized carbons (Fsp3) is 0.533. The Balaban J connectivity index is 2.12. The number of para-hydroxylation sites is 2. The zero-order valence-electron chi connectivity index (χ0n) is 12.4. The van der Waals surface area contributed by atoms with Gasteiger partial charge in [-0.1, -0.05) is 19.1 Å². The highest BCUT2D eigenvalue weighted by Crippen LogP contribution is 2.16. The van der Waals surface area contributed by atoms with Crippen molar-refractivity contribution in [3.8, 4) is 0 Å². The van der Waals surface area contributed by atoms with Crippen LogP contribution in [0.3, 0.4) is 0 Å². The van der Waals surface area contributed by atoms with Crippen molar-refractivity contribution < 1.29 is 4.21 Å². The van der Waals surface area contributed by atoms with Crippen molar-refractivity contribution in [2.24, 2.45) is 0 Å². The number of hydrogen-bond acceptors (Lipinski definition) is 3. The van der Waals surface area contributed by atoms with Crippen LogP contribution >= 0.6 is 0 Å². The summed E-state index contributed by atoms with van der Waals surface area (Å²) in [5.41, 5.74) is 2.24. The normalized spacial score (nSPS) is 14.6. The van der Waals surface area contributed by atoms with Crippen LogP contribution in [0.1, 0.15) is 26.1 Å². The maximum Gasteiger partial charge on any atom is 0.123 e. The largest absolute Gasteiger partial charge is 0.327 e. The minimum absolute atomic E-state index is 0.166. The molecule has 1 aromatic heterocycles. The average molecular weight is 293 g/mol. The highest BCUT2D eigenvalue weighted by molar-refractivity contribution is 7.84. The molecule has 2 atom stereocenters. The highest BCUT2D eigenvalue weighted by Gasteiger charge is 2.10. The fourth-order valence-corrected chi connectivity index (χ4v) is 2.59. The Hall–Kier alpha value is -1.20. The number of aromatic nitrogens is 2. The number of aryl methyl sites for hydroxylation is 1. The number of benzene rings is 1. The van der Waals surface area contributed by atoms with Crippen LogP contribution < -0.4 is 5.32 Å². The summed E-state index contributed by atoms with van der Waals surface area (Å²) in [7, 11) is -0.781. The van der Waals surface area contributed by atoms with E-state index in [9.17, 15) is 4.21 Å². The molecule has 0 radical (unpaired) electrons. The van der Waals surface area contributed by atoms with E-state index in [0.29, 0.717) is 0 Å². The van der Waals surface area contributed by atoms with Gasteiger partial charge in [0.2, 0.25) is 0 Å². The first-order valence-corrected chi connectivity index (χ1v) is 8.72. The van der Waals surface area contributed by atoms with Crippen LogP contribution in [0.25, 0.3) is 11.0 Å². The van der Waals surface area contributed by atoms with E-state index in [2.05, 4.69) is 35.0 Å². The van der Waals surface area contributed by atoms with E-state index in [4.69, 9.17) is 4.98 Å². The number of nitrogens with one attached hydrogen (secondary N) is 1. The monoisotopic (exact) mass is 293 g/mol. The van der Waals surface area contributed by atoms with Gasteiger partial charge in [0.05, 0.1) is 17.6 Å². The lowest BCUT2D eigenvalue weighted by Gasteiger charge is -2.11. The van der Waals surface area contributed by atoms with Gasteiger partial charge in [-0.15, -0.1) is 0 Å². The number of imidazole rings is 1. The second-order valence-electron chi connectivity index (χ2n) is 5.11. The molecule has 0 aliphatic rings. The second kappa shape index (κ2) is 6.99. The molecule has 1 aromatic carbocycles. The van der Waals surface area contributed by atoms with Gasteiger partial charge in [0, 0.05) is 35.4 Å². The Morgan fingerprint density at radius 2 is 2.15 bits per heavy atom. The zero-order chi connectivity index (χ0) is 14.5. The summed E-state index contributed by atoms with van der Waals surface area (Å²) < 4.78 is 13.6. The molecular formula is C15H23N3OS. The highest BCUT2D eigenvalue weighted by atomic mass is 32.2. The number of fused-ring (bicyclic) bond motifs is 1. The van der Waals surface area contributed by atoms with Crippen molar-refractivity contribution in [3.63, 3.8) is 0 Å². The minimum atomic E-state index is -0.781. The molecule has 5 heteroatoms. The van der Waals surface area contributed by atoms with Crippen LogP contribution in [-0.2, 0) is 23.9 Å².